The molecule has 11 nitrogen and oxygen atoms in total. The molecule has 0 unspecified atom stereocenters. The number of rotatable bonds is 3. The Morgan fingerprint density at radius 1 is 1.00 bits per heavy atom. The standard InChI is InChI=1S/C38H42N8O3S/c1-21-27-12-11-23-18-31(36-43-30-17-24(19-32(49-4)34(30)44(36)3)38(48)45-15-8-9-26(39)22(45)2)46(35(23)42-27)14-7-5-6-10-28-25(37(47)40-21)20-33-29(41-28)13-16-50-33/h11-13,16-22,26H,5-10,14-15,39H2,1-4H3,(H,40,47)/t21-,22-,26-/m1/s1. The summed E-state index contributed by atoms with van der Waals surface area (Å²) in [5, 5.41) is 6.21. The number of aryl methyl sites for hydroxylation is 3. The van der Waals surface area contributed by atoms with Crippen LogP contribution in [-0.4, -0.2) is 66.5 Å². The van der Waals surface area contributed by atoms with Crippen LogP contribution in [0.15, 0.2) is 47.8 Å². The molecule has 2 bridgehead atoms. The van der Waals surface area contributed by atoms with Crippen LogP contribution in [0.3, 0.4) is 0 Å². The monoisotopic (exact) mass is 690 g/mol. The summed E-state index contributed by atoms with van der Waals surface area (Å²) in [6.45, 7) is 5.42. The van der Waals surface area contributed by atoms with Gasteiger partial charge in [0, 0.05) is 43.2 Å². The van der Waals surface area contributed by atoms with E-state index in [2.05, 4.69) is 22.0 Å². The van der Waals surface area contributed by atoms with E-state index in [1.807, 2.05) is 66.1 Å². The van der Waals surface area contributed by atoms with Gasteiger partial charge in [-0.15, -0.1) is 11.3 Å². The fraction of sp³-hybridized carbons (Fsp3) is 0.395. The van der Waals surface area contributed by atoms with E-state index in [1.54, 1.807) is 18.4 Å². The Morgan fingerprint density at radius 3 is 2.70 bits per heavy atom. The van der Waals surface area contributed by atoms with Crippen molar-refractivity contribution in [1.82, 2.24) is 34.3 Å². The van der Waals surface area contributed by atoms with Gasteiger partial charge in [0.2, 0.25) is 0 Å². The van der Waals surface area contributed by atoms with Crippen LogP contribution in [0, 0.1) is 0 Å². The SMILES string of the molecule is COc1cc(C(=O)N2CCC[C@@H](N)[C@H]2C)cc2nc(-c3cc4ccc5nc4n3CCCCCc3nc4ccsc4cc3C(=O)N[C@@H]5C)n(C)c12. The molecule has 1 saturated heterocycles. The number of methoxy groups -OCH3 is 1. The Labute approximate surface area is 294 Å². The molecule has 6 aromatic rings. The number of carbonyl (C=O) groups is 2. The van der Waals surface area contributed by atoms with Crippen LogP contribution in [0.25, 0.3) is 43.8 Å². The minimum Gasteiger partial charge on any atom is -0.494 e. The number of aromatic nitrogens is 5. The van der Waals surface area contributed by atoms with Gasteiger partial charge in [-0.2, -0.15) is 0 Å². The molecule has 0 saturated carbocycles. The van der Waals surface area contributed by atoms with Gasteiger partial charge in [-0.3, -0.25) is 14.6 Å². The lowest BCUT2D eigenvalue weighted by Gasteiger charge is -2.37. The summed E-state index contributed by atoms with van der Waals surface area (Å²) in [4.78, 5) is 44.5. The molecule has 3 N–H and O–H groups in total. The fourth-order valence-corrected chi connectivity index (χ4v) is 8.41. The van der Waals surface area contributed by atoms with Gasteiger partial charge in [-0.25, -0.2) is 9.97 Å². The average Bonchev–Trinajstić information content (AvgIpc) is 3.82. The highest BCUT2D eigenvalue weighted by Crippen LogP contribution is 2.35. The Hall–Kier alpha value is -4.81. The van der Waals surface area contributed by atoms with E-state index >= 15 is 0 Å². The maximum absolute atomic E-state index is 13.8. The second-order valence-corrected chi connectivity index (χ2v) is 14.7. The zero-order valence-electron chi connectivity index (χ0n) is 28.9. The number of pyridine rings is 2. The number of ether oxygens (including phenoxy) is 1. The Bertz CT molecular complexity index is 2290. The highest BCUT2D eigenvalue weighted by molar-refractivity contribution is 7.17. The summed E-state index contributed by atoms with van der Waals surface area (Å²) >= 11 is 1.60. The molecule has 0 radical (unpaired) electrons. The van der Waals surface area contributed by atoms with Crippen molar-refractivity contribution in [3.8, 4) is 17.3 Å². The number of hydrogen-bond donors (Lipinski definition) is 2. The third-order valence-corrected chi connectivity index (χ3v) is 11.4. The molecule has 2 aliphatic heterocycles. The average molecular weight is 691 g/mol. The number of imidazole rings is 1. The number of piperidine rings is 1. The van der Waals surface area contributed by atoms with Crippen molar-refractivity contribution in [1.29, 1.82) is 0 Å². The van der Waals surface area contributed by atoms with Crippen LogP contribution < -0.4 is 15.8 Å². The molecule has 3 atom stereocenters. The number of fused-ring (bicyclic) bond motifs is 4. The van der Waals surface area contributed by atoms with Crippen LogP contribution in [0.1, 0.15) is 84.1 Å². The number of benzene rings is 1. The molecular weight excluding hydrogens is 649 g/mol. The number of amides is 2. The second-order valence-electron chi connectivity index (χ2n) is 13.7. The van der Waals surface area contributed by atoms with Crippen LogP contribution in [0.5, 0.6) is 5.75 Å². The molecule has 1 fully saturated rings. The summed E-state index contributed by atoms with van der Waals surface area (Å²) in [5.41, 5.74) is 13.4. The molecule has 8 rings (SSSR count). The third-order valence-electron chi connectivity index (χ3n) is 10.6. The highest BCUT2D eigenvalue weighted by atomic mass is 32.1. The van der Waals surface area contributed by atoms with Gasteiger partial charge in [0.1, 0.15) is 16.9 Å². The molecule has 2 amide bonds. The first-order chi connectivity index (χ1) is 24.2. The van der Waals surface area contributed by atoms with Crippen molar-refractivity contribution < 1.29 is 14.3 Å². The van der Waals surface area contributed by atoms with Gasteiger partial charge < -0.3 is 29.8 Å². The van der Waals surface area contributed by atoms with E-state index in [0.29, 0.717) is 28.9 Å². The van der Waals surface area contributed by atoms with Gasteiger partial charge >= 0.3 is 0 Å². The predicted molar refractivity (Wildman–Crippen MR) is 197 cm³/mol. The molecule has 5 aromatic heterocycles. The number of carbonyl (C=O) groups excluding carboxylic acids is 2. The normalized spacial score (nSPS) is 20.3. The van der Waals surface area contributed by atoms with Crippen LogP contribution in [-0.2, 0) is 20.0 Å². The van der Waals surface area contributed by atoms with Crippen molar-refractivity contribution in [2.75, 3.05) is 13.7 Å². The minimum atomic E-state index is -0.318. The van der Waals surface area contributed by atoms with Gasteiger partial charge in [-0.05, 0) is 93.8 Å². The predicted octanol–water partition coefficient (Wildman–Crippen LogP) is 6.38. The summed E-state index contributed by atoms with van der Waals surface area (Å²) in [6.07, 6.45) is 5.32. The maximum Gasteiger partial charge on any atom is 0.254 e. The zero-order chi connectivity index (χ0) is 34.7. The van der Waals surface area contributed by atoms with Crippen molar-refractivity contribution in [2.45, 2.75) is 77.0 Å². The van der Waals surface area contributed by atoms with Gasteiger partial charge in [-0.1, -0.05) is 6.42 Å². The van der Waals surface area contributed by atoms with E-state index in [9.17, 15) is 9.59 Å². The number of hydrogen-bond acceptors (Lipinski definition) is 8. The van der Waals surface area contributed by atoms with Gasteiger partial charge in [0.05, 0.1) is 51.5 Å². The molecule has 1 aromatic carbocycles. The smallest absolute Gasteiger partial charge is 0.254 e. The Kier molecular flexibility index (Phi) is 8.31. The molecule has 2 aliphatic rings. The van der Waals surface area contributed by atoms with E-state index < -0.39 is 0 Å². The van der Waals surface area contributed by atoms with Crippen LogP contribution >= 0.6 is 11.3 Å². The van der Waals surface area contributed by atoms with Crippen molar-refractivity contribution in [3.63, 3.8) is 0 Å². The van der Waals surface area contributed by atoms with Crippen LogP contribution in [0.2, 0.25) is 0 Å². The van der Waals surface area contributed by atoms with Gasteiger partial charge in [0.15, 0.2) is 5.82 Å². The number of nitrogens with one attached hydrogen (secondary N) is 1. The lowest BCUT2D eigenvalue weighted by Crippen LogP contribution is -2.52. The molecule has 0 aliphatic carbocycles. The van der Waals surface area contributed by atoms with Crippen molar-refractivity contribution >= 4 is 55.4 Å². The first kappa shape index (κ1) is 32.4. The summed E-state index contributed by atoms with van der Waals surface area (Å²) in [7, 11) is 3.61. The minimum absolute atomic E-state index is 0.0392. The number of thiophene rings is 1. The zero-order valence-corrected chi connectivity index (χ0v) is 29.7. The van der Waals surface area contributed by atoms with Gasteiger partial charge in [0.25, 0.3) is 11.8 Å². The quantitative estimate of drug-likeness (QED) is 0.220. The van der Waals surface area contributed by atoms with Crippen molar-refractivity contribution in [3.05, 3.63) is 70.4 Å². The van der Waals surface area contributed by atoms with E-state index in [0.717, 1.165) is 94.7 Å². The first-order valence-corrected chi connectivity index (χ1v) is 18.4. The van der Waals surface area contributed by atoms with Crippen LogP contribution in [0.4, 0.5) is 0 Å². The van der Waals surface area contributed by atoms with E-state index in [-0.39, 0.29) is 29.9 Å². The molecular formula is C38H42N8O3S. The highest BCUT2D eigenvalue weighted by Gasteiger charge is 2.31. The lowest BCUT2D eigenvalue weighted by atomic mass is 9.97. The van der Waals surface area contributed by atoms with E-state index in [1.165, 1.54) is 0 Å². The molecule has 7 heterocycles. The van der Waals surface area contributed by atoms with Crippen molar-refractivity contribution in [2.24, 2.45) is 12.8 Å². The Morgan fingerprint density at radius 2 is 1.86 bits per heavy atom. The Balaban J connectivity index is 1.19. The summed E-state index contributed by atoms with van der Waals surface area (Å²) in [5.74, 6) is 1.17. The van der Waals surface area contributed by atoms with E-state index in [4.69, 9.17) is 25.4 Å². The maximum atomic E-state index is 13.8. The topological polar surface area (TPSA) is 133 Å². The molecule has 0 spiro atoms. The largest absolute Gasteiger partial charge is 0.494 e. The number of nitrogens with zero attached hydrogens (tertiary/aromatic N) is 6. The molecule has 50 heavy (non-hydrogen) atoms. The first-order valence-electron chi connectivity index (χ1n) is 17.5. The molecule has 12 heteroatoms. The molecule has 258 valence electrons. The summed E-state index contributed by atoms with van der Waals surface area (Å²) in [6, 6.07) is 13.5. The summed E-state index contributed by atoms with van der Waals surface area (Å²) < 4.78 is 11.2. The lowest BCUT2D eigenvalue weighted by molar-refractivity contribution is 0.0604. The second kappa shape index (κ2) is 12.8. The third kappa shape index (κ3) is 5.50. The fourth-order valence-electron chi connectivity index (χ4n) is 7.65. The number of likely N-dealkylation sites (tertiary alicyclic amines) is 1. The number of nitrogens with two attached hydrogens (primary N) is 1.